The summed E-state index contributed by atoms with van der Waals surface area (Å²) in [6.07, 6.45) is 1.28. The Morgan fingerprint density at radius 1 is 0.871 bits per heavy atom. The molecule has 0 spiro atoms. The zero-order chi connectivity index (χ0) is 22.2. The largest absolute Gasteiger partial charge is 0.508 e. The number of halogens is 1. The average Bonchev–Trinajstić information content (AvgIpc) is 2.75. The third kappa shape index (κ3) is 6.15. The van der Waals surface area contributed by atoms with Crippen molar-refractivity contribution < 1.29 is 19.5 Å². The standard InChI is InChI=1S/C22H17ClN4O4/c23-15-8-10-16(11-9-15)25-20(29)18-6-1-2-7-19(18)26-21(30)22(31)27-24-13-14-4-3-5-17(28)12-14/h1-13,28H,(H,25,29)(H,26,30)(H,27,31)/b24-13+. The smallest absolute Gasteiger partial charge is 0.329 e. The molecular weight excluding hydrogens is 420 g/mol. The first-order valence-electron chi connectivity index (χ1n) is 9.02. The van der Waals surface area contributed by atoms with Gasteiger partial charge in [-0.25, -0.2) is 5.43 Å². The molecule has 3 aromatic carbocycles. The molecule has 9 heteroatoms. The molecule has 156 valence electrons. The Hall–Kier alpha value is -4.17. The number of nitrogens with one attached hydrogen (secondary N) is 3. The summed E-state index contributed by atoms with van der Waals surface area (Å²) in [6, 6.07) is 19.0. The fraction of sp³-hybridized carbons (Fsp3) is 0. The van der Waals surface area contributed by atoms with Gasteiger partial charge >= 0.3 is 11.8 Å². The Morgan fingerprint density at radius 2 is 1.61 bits per heavy atom. The monoisotopic (exact) mass is 436 g/mol. The summed E-state index contributed by atoms with van der Waals surface area (Å²) in [4.78, 5) is 36.8. The SMILES string of the molecule is O=C(N/N=C/c1cccc(O)c1)C(=O)Nc1ccccc1C(=O)Nc1ccc(Cl)cc1. The molecule has 0 saturated carbocycles. The van der Waals surface area contributed by atoms with Crippen LogP contribution in [-0.4, -0.2) is 29.0 Å². The first-order chi connectivity index (χ1) is 14.9. The Labute approximate surface area is 182 Å². The van der Waals surface area contributed by atoms with Crippen molar-refractivity contribution in [1.82, 2.24) is 5.43 Å². The average molecular weight is 437 g/mol. The van der Waals surface area contributed by atoms with Gasteiger partial charge in [0.25, 0.3) is 5.91 Å². The molecule has 0 fully saturated rings. The summed E-state index contributed by atoms with van der Waals surface area (Å²) in [5, 5.41) is 18.7. The van der Waals surface area contributed by atoms with E-state index in [0.717, 1.165) is 0 Å². The van der Waals surface area contributed by atoms with Crippen LogP contribution in [0.15, 0.2) is 77.9 Å². The fourth-order valence-electron chi connectivity index (χ4n) is 2.52. The highest BCUT2D eigenvalue weighted by molar-refractivity contribution is 6.40. The molecule has 0 aromatic heterocycles. The van der Waals surface area contributed by atoms with E-state index in [1.54, 1.807) is 48.5 Å². The van der Waals surface area contributed by atoms with E-state index in [9.17, 15) is 19.5 Å². The number of anilines is 2. The maximum atomic E-state index is 12.6. The van der Waals surface area contributed by atoms with Crippen LogP contribution in [0.2, 0.25) is 5.02 Å². The topological polar surface area (TPSA) is 120 Å². The van der Waals surface area contributed by atoms with Gasteiger partial charge in [-0.05, 0) is 54.1 Å². The third-order valence-electron chi connectivity index (χ3n) is 3.98. The van der Waals surface area contributed by atoms with Gasteiger partial charge in [-0.2, -0.15) is 5.10 Å². The number of carbonyl (C=O) groups is 3. The molecule has 0 atom stereocenters. The molecule has 0 aliphatic heterocycles. The summed E-state index contributed by atoms with van der Waals surface area (Å²) in [5.74, 6) is -2.45. The molecule has 3 rings (SSSR count). The Morgan fingerprint density at radius 3 is 2.35 bits per heavy atom. The highest BCUT2D eigenvalue weighted by atomic mass is 35.5. The van der Waals surface area contributed by atoms with E-state index in [2.05, 4.69) is 21.2 Å². The Balaban J connectivity index is 1.63. The molecule has 0 radical (unpaired) electrons. The number of hydrogen-bond donors (Lipinski definition) is 4. The number of rotatable bonds is 5. The predicted molar refractivity (Wildman–Crippen MR) is 118 cm³/mol. The van der Waals surface area contributed by atoms with Gasteiger partial charge in [0, 0.05) is 10.7 Å². The maximum Gasteiger partial charge on any atom is 0.329 e. The van der Waals surface area contributed by atoms with Crippen molar-refractivity contribution >= 4 is 46.9 Å². The van der Waals surface area contributed by atoms with Gasteiger partial charge in [0.05, 0.1) is 17.5 Å². The number of carbonyl (C=O) groups excluding carboxylic acids is 3. The zero-order valence-electron chi connectivity index (χ0n) is 16.0. The molecule has 0 aliphatic carbocycles. The minimum Gasteiger partial charge on any atom is -0.508 e. The van der Waals surface area contributed by atoms with E-state index >= 15 is 0 Å². The molecule has 4 N–H and O–H groups in total. The second kappa shape index (κ2) is 10.0. The quantitative estimate of drug-likeness (QED) is 0.278. The van der Waals surface area contributed by atoms with E-state index in [1.807, 2.05) is 0 Å². The van der Waals surface area contributed by atoms with Crippen LogP contribution in [0.1, 0.15) is 15.9 Å². The molecule has 0 unspecified atom stereocenters. The van der Waals surface area contributed by atoms with Crippen LogP contribution in [0.25, 0.3) is 0 Å². The van der Waals surface area contributed by atoms with Crippen molar-refractivity contribution in [2.75, 3.05) is 10.6 Å². The number of para-hydroxylation sites is 1. The number of hydrogen-bond acceptors (Lipinski definition) is 5. The molecule has 8 nitrogen and oxygen atoms in total. The Kier molecular flexibility index (Phi) is 6.97. The lowest BCUT2D eigenvalue weighted by Gasteiger charge is -2.11. The van der Waals surface area contributed by atoms with Crippen LogP contribution in [0.3, 0.4) is 0 Å². The molecule has 31 heavy (non-hydrogen) atoms. The van der Waals surface area contributed by atoms with Crippen LogP contribution in [-0.2, 0) is 9.59 Å². The molecule has 3 aromatic rings. The van der Waals surface area contributed by atoms with E-state index in [4.69, 9.17) is 11.6 Å². The highest BCUT2D eigenvalue weighted by Crippen LogP contribution is 2.19. The maximum absolute atomic E-state index is 12.6. The van der Waals surface area contributed by atoms with Gasteiger partial charge in [-0.1, -0.05) is 35.9 Å². The lowest BCUT2D eigenvalue weighted by Crippen LogP contribution is -2.33. The van der Waals surface area contributed by atoms with Gasteiger partial charge in [0.2, 0.25) is 0 Å². The van der Waals surface area contributed by atoms with E-state index < -0.39 is 17.7 Å². The predicted octanol–water partition coefficient (Wildman–Crippen LogP) is 3.39. The van der Waals surface area contributed by atoms with Gasteiger partial charge in [-0.3, -0.25) is 14.4 Å². The molecule has 3 amide bonds. The lowest BCUT2D eigenvalue weighted by atomic mass is 10.1. The van der Waals surface area contributed by atoms with Crippen LogP contribution in [0.4, 0.5) is 11.4 Å². The van der Waals surface area contributed by atoms with E-state index in [1.165, 1.54) is 30.5 Å². The summed E-state index contributed by atoms with van der Waals surface area (Å²) in [7, 11) is 0. The van der Waals surface area contributed by atoms with Crippen LogP contribution >= 0.6 is 11.6 Å². The number of benzene rings is 3. The molecule has 0 bridgehead atoms. The lowest BCUT2D eigenvalue weighted by molar-refractivity contribution is -0.136. The second-order valence-electron chi connectivity index (χ2n) is 6.25. The molecule has 0 saturated heterocycles. The molecule has 0 aliphatic rings. The summed E-state index contributed by atoms with van der Waals surface area (Å²) < 4.78 is 0. The van der Waals surface area contributed by atoms with E-state index in [0.29, 0.717) is 16.3 Å². The van der Waals surface area contributed by atoms with Gasteiger partial charge in [0.1, 0.15) is 5.75 Å². The van der Waals surface area contributed by atoms with Crippen molar-refractivity contribution in [3.05, 3.63) is 88.9 Å². The van der Waals surface area contributed by atoms with Crippen molar-refractivity contribution in [2.45, 2.75) is 0 Å². The van der Waals surface area contributed by atoms with Gasteiger partial charge in [0.15, 0.2) is 0 Å². The molecular formula is C22H17ClN4O4. The molecule has 0 heterocycles. The fourth-order valence-corrected chi connectivity index (χ4v) is 2.65. The number of hydrazone groups is 1. The third-order valence-corrected chi connectivity index (χ3v) is 4.23. The summed E-state index contributed by atoms with van der Waals surface area (Å²) >= 11 is 5.84. The van der Waals surface area contributed by atoms with Gasteiger partial charge < -0.3 is 15.7 Å². The minimum absolute atomic E-state index is 0.0431. The summed E-state index contributed by atoms with van der Waals surface area (Å²) in [6.45, 7) is 0. The number of nitrogens with zero attached hydrogens (tertiary/aromatic N) is 1. The number of phenolic OH excluding ortho intramolecular Hbond substituents is 1. The van der Waals surface area contributed by atoms with Crippen molar-refractivity contribution in [2.24, 2.45) is 5.10 Å². The number of phenols is 1. The Bertz CT molecular complexity index is 1150. The number of aromatic hydroxyl groups is 1. The highest BCUT2D eigenvalue weighted by Gasteiger charge is 2.17. The van der Waals surface area contributed by atoms with Crippen LogP contribution in [0.5, 0.6) is 5.75 Å². The van der Waals surface area contributed by atoms with Crippen molar-refractivity contribution in [3.8, 4) is 5.75 Å². The van der Waals surface area contributed by atoms with Gasteiger partial charge in [-0.15, -0.1) is 0 Å². The summed E-state index contributed by atoms with van der Waals surface area (Å²) in [5.41, 5.74) is 3.47. The second-order valence-corrected chi connectivity index (χ2v) is 6.69. The zero-order valence-corrected chi connectivity index (χ0v) is 16.8. The van der Waals surface area contributed by atoms with Crippen molar-refractivity contribution in [1.29, 1.82) is 0 Å². The van der Waals surface area contributed by atoms with Crippen molar-refractivity contribution in [3.63, 3.8) is 0 Å². The van der Waals surface area contributed by atoms with Crippen LogP contribution < -0.4 is 16.1 Å². The normalized spacial score (nSPS) is 10.5. The van der Waals surface area contributed by atoms with Crippen LogP contribution in [0, 0.1) is 0 Å². The van der Waals surface area contributed by atoms with E-state index in [-0.39, 0.29) is 17.0 Å². The minimum atomic E-state index is -1.02. The first kappa shape index (κ1) is 21.5. The first-order valence-corrected chi connectivity index (χ1v) is 9.39. The number of amides is 3.